The number of nitrogens with two attached hydrogens (primary N) is 2. The monoisotopic (exact) mass is 476 g/mol. The highest BCUT2D eigenvalue weighted by atomic mass is 16.2. The van der Waals surface area contributed by atoms with E-state index >= 15 is 0 Å². The number of benzene rings is 1. The van der Waals surface area contributed by atoms with Gasteiger partial charge >= 0.3 is 0 Å². The quantitative estimate of drug-likeness (QED) is 0.493. The molecular formula is C25H32N8O2. The van der Waals surface area contributed by atoms with Crippen LogP contribution in [0.5, 0.6) is 0 Å². The van der Waals surface area contributed by atoms with E-state index in [1.165, 1.54) is 50.7 Å². The first-order valence-corrected chi connectivity index (χ1v) is 12.3. The summed E-state index contributed by atoms with van der Waals surface area (Å²) >= 11 is 0. The first kappa shape index (κ1) is 23.1. The summed E-state index contributed by atoms with van der Waals surface area (Å²) in [6, 6.07) is 8.96. The van der Waals surface area contributed by atoms with Crippen molar-refractivity contribution in [2.75, 3.05) is 42.1 Å². The Bertz CT molecular complexity index is 1290. The Morgan fingerprint density at radius 2 is 1.80 bits per heavy atom. The maximum absolute atomic E-state index is 12.7. The van der Waals surface area contributed by atoms with E-state index in [1.807, 2.05) is 19.1 Å². The average molecular weight is 477 g/mol. The van der Waals surface area contributed by atoms with Crippen molar-refractivity contribution in [1.29, 1.82) is 0 Å². The number of likely N-dealkylation sites (tertiary alicyclic amines) is 1. The molecule has 2 aromatic heterocycles. The van der Waals surface area contributed by atoms with E-state index in [0.29, 0.717) is 18.1 Å². The highest BCUT2D eigenvalue weighted by molar-refractivity contribution is 6.00. The van der Waals surface area contributed by atoms with Crippen molar-refractivity contribution in [1.82, 2.24) is 19.4 Å². The molecule has 2 fully saturated rings. The van der Waals surface area contributed by atoms with Gasteiger partial charge in [-0.15, -0.1) is 0 Å². The molecule has 0 saturated carbocycles. The molecule has 1 amide bonds. The lowest BCUT2D eigenvalue weighted by Crippen LogP contribution is -2.43. The van der Waals surface area contributed by atoms with Crippen molar-refractivity contribution in [3.8, 4) is 0 Å². The SMILES string of the molecule is CCn1c(N)c(C(N)=O)c(=O)c2cnc(Nc3ccc(N4CCC(N5CCCC5)CC4)cc3)nc21. The fourth-order valence-corrected chi connectivity index (χ4v) is 5.34. The predicted octanol–water partition coefficient (Wildman–Crippen LogP) is 2.30. The molecule has 4 heterocycles. The number of hydrogen-bond acceptors (Lipinski definition) is 8. The first-order valence-electron chi connectivity index (χ1n) is 12.3. The molecule has 2 saturated heterocycles. The van der Waals surface area contributed by atoms with E-state index in [1.54, 1.807) is 4.57 Å². The number of aromatic nitrogens is 3. The van der Waals surface area contributed by atoms with Crippen molar-refractivity contribution >= 4 is 40.1 Å². The van der Waals surface area contributed by atoms with E-state index in [4.69, 9.17) is 11.5 Å². The topological polar surface area (TPSA) is 135 Å². The van der Waals surface area contributed by atoms with Crippen LogP contribution in [0.1, 0.15) is 43.0 Å². The summed E-state index contributed by atoms with van der Waals surface area (Å²) < 4.78 is 1.60. The van der Waals surface area contributed by atoms with E-state index in [-0.39, 0.29) is 16.8 Å². The highest BCUT2D eigenvalue weighted by Gasteiger charge is 2.26. The number of primary amides is 1. The Hall–Kier alpha value is -3.66. The van der Waals surface area contributed by atoms with Crippen molar-refractivity contribution < 1.29 is 4.79 Å². The van der Waals surface area contributed by atoms with Crippen molar-refractivity contribution in [3.05, 3.63) is 46.2 Å². The minimum absolute atomic E-state index is 0.0139. The van der Waals surface area contributed by atoms with E-state index in [0.717, 1.165) is 24.8 Å². The lowest BCUT2D eigenvalue weighted by molar-refractivity contribution is 0.1000. The molecule has 0 spiro atoms. The molecule has 5 N–H and O–H groups in total. The smallest absolute Gasteiger partial charge is 0.256 e. The molecule has 0 aliphatic carbocycles. The molecule has 0 unspecified atom stereocenters. The Balaban J connectivity index is 1.32. The van der Waals surface area contributed by atoms with Crippen LogP contribution in [0, 0.1) is 0 Å². The van der Waals surface area contributed by atoms with Gasteiger partial charge in [0, 0.05) is 43.2 Å². The van der Waals surface area contributed by atoms with Gasteiger partial charge in [0.25, 0.3) is 5.91 Å². The maximum Gasteiger partial charge on any atom is 0.256 e. The van der Waals surface area contributed by atoms with E-state index < -0.39 is 11.3 Å². The van der Waals surface area contributed by atoms with Crippen LogP contribution in [0.15, 0.2) is 35.3 Å². The van der Waals surface area contributed by atoms with Gasteiger partial charge in [-0.05, 0) is 70.0 Å². The fraction of sp³-hybridized carbons (Fsp3) is 0.440. The summed E-state index contributed by atoms with van der Waals surface area (Å²) in [5.41, 5.74) is 13.1. The number of amides is 1. The number of piperidine rings is 1. The van der Waals surface area contributed by atoms with Crippen LogP contribution in [0.4, 0.5) is 23.1 Å². The molecule has 10 heteroatoms. The lowest BCUT2D eigenvalue weighted by atomic mass is 10.0. The zero-order valence-corrected chi connectivity index (χ0v) is 20.0. The van der Waals surface area contributed by atoms with Crippen LogP contribution >= 0.6 is 0 Å². The molecule has 3 aromatic rings. The number of carbonyl (C=O) groups is 1. The fourth-order valence-electron chi connectivity index (χ4n) is 5.34. The summed E-state index contributed by atoms with van der Waals surface area (Å²) in [6.07, 6.45) is 6.51. The summed E-state index contributed by atoms with van der Waals surface area (Å²) in [4.78, 5) is 38.4. The van der Waals surface area contributed by atoms with Crippen LogP contribution in [0.3, 0.4) is 0 Å². The molecule has 35 heavy (non-hydrogen) atoms. The van der Waals surface area contributed by atoms with E-state index in [9.17, 15) is 9.59 Å². The first-order chi connectivity index (χ1) is 17.0. The van der Waals surface area contributed by atoms with Crippen molar-refractivity contribution in [3.63, 3.8) is 0 Å². The molecule has 5 rings (SSSR count). The number of aryl methyl sites for hydroxylation is 1. The number of hydrogen-bond donors (Lipinski definition) is 3. The van der Waals surface area contributed by atoms with Crippen LogP contribution < -0.4 is 27.1 Å². The van der Waals surface area contributed by atoms with E-state index in [2.05, 4.69) is 37.2 Å². The third kappa shape index (κ3) is 4.41. The molecule has 10 nitrogen and oxygen atoms in total. The third-order valence-corrected chi connectivity index (χ3v) is 7.22. The molecular weight excluding hydrogens is 444 g/mol. The molecule has 0 radical (unpaired) electrons. The average Bonchev–Trinajstić information content (AvgIpc) is 3.40. The summed E-state index contributed by atoms with van der Waals surface area (Å²) in [7, 11) is 0. The third-order valence-electron chi connectivity index (χ3n) is 7.22. The predicted molar refractivity (Wildman–Crippen MR) is 138 cm³/mol. The van der Waals surface area contributed by atoms with Gasteiger partial charge in [-0.25, -0.2) is 4.98 Å². The lowest BCUT2D eigenvalue weighted by Gasteiger charge is -2.37. The molecule has 1 aromatic carbocycles. The second-order valence-corrected chi connectivity index (χ2v) is 9.26. The summed E-state index contributed by atoms with van der Waals surface area (Å²) in [5, 5.41) is 3.40. The standard InChI is InChI=1S/C25H32N8O2/c1-2-33-22(26)20(23(27)35)21(34)19-15-28-25(30-24(19)33)29-16-5-7-17(8-6-16)32-13-9-18(10-14-32)31-11-3-4-12-31/h5-8,15,18H,2-4,9-14,26H2,1H3,(H2,27,35)(H,28,29,30). The van der Waals surface area contributed by atoms with Crippen LogP contribution in [0.25, 0.3) is 11.0 Å². The van der Waals surface area contributed by atoms with Gasteiger partial charge in [0.15, 0.2) is 5.65 Å². The van der Waals surface area contributed by atoms with Gasteiger partial charge in [0.2, 0.25) is 11.4 Å². The van der Waals surface area contributed by atoms with Gasteiger partial charge < -0.3 is 31.2 Å². The highest BCUT2D eigenvalue weighted by Crippen LogP contribution is 2.27. The molecule has 2 aliphatic rings. The number of carbonyl (C=O) groups excluding carboxylic acids is 1. The largest absolute Gasteiger partial charge is 0.384 e. The van der Waals surface area contributed by atoms with Gasteiger partial charge in [0.05, 0.1) is 5.39 Å². The second kappa shape index (κ2) is 9.53. The number of pyridine rings is 1. The van der Waals surface area contributed by atoms with Crippen molar-refractivity contribution in [2.24, 2.45) is 5.73 Å². The van der Waals surface area contributed by atoms with Crippen LogP contribution in [-0.4, -0.2) is 57.6 Å². The molecule has 0 atom stereocenters. The van der Waals surface area contributed by atoms with Crippen LogP contribution in [0.2, 0.25) is 0 Å². The van der Waals surface area contributed by atoms with Gasteiger partial charge in [-0.1, -0.05) is 0 Å². The number of nitrogens with zero attached hydrogens (tertiary/aromatic N) is 5. The minimum Gasteiger partial charge on any atom is -0.384 e. The molecule has 184 valence electrons. The van der Waals surface area contributed by atoms with Crippen molar-refractivity contribution in [2.45, 2.75) is 45.2 Å². The van der Waals surface area contributed by atoms with Gasteiger partial charge in [0.1, 0.15) is 11.4 Å². The Kier molecular flexibility index (Phi) is 6.29. The Morgan fingerprint density at radius 3 is 2.43 bits per heavy atom. The number of nitrogen functional groups attached to an aromatic ring is 1. The Labute approximate surface area is 203 Å². The molecule has 2 aliphatic heterocycles. The summed E-state index contributed by atoms with van der Waals surface area (Å²) in [6.45, 7) is 6.94. The zero-order valence-electron chi connectivity index (χ0n) is 20.0. The van der Waals surface area contributed by atoms with Gasteiger partial charge in [-0.2, -0.15) is 4.98 Å². The maximum atomic E-state index is 12.7. The zero-order chi connectivity index (χ0) is 24.5. The Morgan fingerprint density at radius 1 is 1.11 bits per heavy atom. The number of nitrogens with one attached hydrogen (secondary N) is 1. The number of fused-ring (bicyclic) bond motifs is 1. The molecule has 0 bridgehead atoms. The summed E-state index contributed by atoms with van der Waals surface area (Å²) in [5.74, 6) is -0.510. The normalized spacial score (nSPS) is 17.2. The number of anilines is 4. The number of rotatable bonds is 6. The second-order valence-electron chi connectivity index (χ2n) is 9.26. The van der Waals surface area contributed by atoms with Gasteiger partial charge in [-0.3, -0.25) is 9.59 Å². The van der Waals surface area contributed by atoms with Crippen LogP contribution in [-0.2, 0) is 6.54 Å². The minimum atomic E-state index is -0.862.